The Labute approximate surface area is 206 Å². The van der Waals surface area contributed by atoms with Crippen LogP contribution in [-0.4, -0.2) is 27.6 Å². The van der Waals surface area contributed by atoms with E-state index in [1.807, 2.05) is 31.2 Å². The van der Waals surface area contributed by atoms with E-state index >= 15 is 0 Å². The van der Waals surface area contributed by atoms with Gasteiger partial charge in [-0.3, -0.25) is 14.4 Å². The van der Waals surface area contributed by atoms with Gasteiger partial charge < -0.3 is 9.30 Å². The number of aryl methyl sites for hydroxylation is 1. The zero-order valence-electron chi connectivity index (χ0n) is 19.0. The molecule has 6 rings (SSSR count). The number of rotatable bonds is 4. The molecular formula is C27H22ClN3O4. The molecule has 3 saturated heterocycles. The number of hydrogen-bond donors (Lipinski definition) is 0. The average Bonchev–Trinajstić information content (AvgIpc) is 3.43. The molecule has 2 aromatic carbocycles. The number of pyridine rings is 1. The molecule has 0 spiro atoms. The van der Waals surface area contributed by atoms with Gasteiger partial charge in [0.1, 0.15) is 0 Å². The lowest BCUT2D eigenvalue weighted by molar-refractivity contribution is -0.130. The lowest BCUT2D eigenvalue weighted by Gasteiger charge is -2.31. The molecule has 0 radical (unpaired) electrons. The summed E-state index contributed by atoms with van der Waals surface area (Å²) in [4.78, 5) is 41.3. The van der Waals surface area contributed by atoms with E-state index < -0.39 is 23.0 Å². The Morgan fingerprint density at radius 2 is 1.77 bits per heavy atom. The van der Waals surface area contributed by atoms with Gasteiger partial charge in [0.2, 0.25) is 11.8 Å². The Kier molecular flexibility index (Phi) is 4.73. The van der Waals surface area contributed by atoms with E-state index in [-0.39, 0.29) is 17.4 Å². The predicted octanol–water partition coefficient (Wildman–Crippen LogP) is 4.04. The highest BCUT2D eigenvalue weighted by atomic mass is 35.5. The average molecular weight is 488 g/mol. The maximum atomic E-state index is 13.9. The summed E-state index contributed by atoms with van der Waals surface area (Å²) in [5.41, 5.74) is -0.768. The first-order chi connectivity index (χ1) is 16.8. The first-order valence-electron chi connectivity index (χ1n) is 11.6. The van der Waals surface area contributed by atoms with E-state index in [0.29, 0.717) is 52.9 Å². The number of nitriles is 1. The van der Waals surface area contributed by atoms with Crippen LogP contribution in [0, 0.1) is 23.2 Å². The van der Waals surface area contributed by atoms with Crippen LogP contribution in [0.1, 0.15) is 31.7 Å². The van der Waals surface area contributed by atoms with Gasteiger partial charge in [-0.15, -0.1) is 0 Å². The Balaban J connectivity index is 1.40. The number of hydrogen-bond acceptors (Lipinski definition) is 5. The number of fused-ring (bicyclic) bond motifs is 6. The number of halogens is 1. The monoisotopic (exact) mass is 487 g/mol. The van der Waals surface area contributed by atoms with Gasteiger partial charge in [-0.1, -0.05) is 35.9 Å². The van der Waals surface area contributed by atoms with E-state index in [1.165, 1.54) is 15.5 Å². The number of benzene rings is 2. The molecule has 4 heterocycles. The maximum Gasteiger partial charge on any atom is 0.250 e. The summed E-state index contributed by atoms with van der Waals surface area (Å²) < 4.78 is 8.02. The summed E-state index contributed by atoms with van der Waals surface area (Å²) in [6, 6.07) is 15.8. The minimum Gasteiger partial charge on any atom is -0.367 e. The van der Waals surface area contributed by atoms with Crippen molar-refractivity contribution in [2.45, 2.75) is 43.9 Å². The van der Waals surface area contributed by atoms with Gasteiger partial charge in [0, 0.05) is 29.6 Å². The fourth-order valence-corrected chi connectivity index (χ4v) is 6.59. The van der Waals surface area contributed by atoms with Crippen LogP contribution in [-0.2, 0) is 20.9 Å². The Bertz CT molecular complexity index is 1520. The summed E-state index contributed by atoms with van der Waals surface area (Å²) in [6.07, 6.45) is 3.31. The summed E-state index contributed by atoms with van der Waals surface area (Å²) in [7, 11) is 0. The van der Waals surface area contributed by atoms with Gasteiger partial charge in [-0.2, -0.15) is 5.26 Å². The van der Waals surface area contributed by atoms with E-state index in [2.05, 4.69) is 6.07 Å². The number of amides is 2. The number of imide groups is 1. The second-order valence-corrected chi connectivity index (χ2v) is 10.3. The largest absolute Gasteiger partial charge is 0.367 e. The number of ether oxygens (including phenoxy) is 1. The van der Waals surface area contributed by atoms with Crippen molar-refractivity contribution in [3.05, 3.63) is 75.7 Å². The van der Waals surface area contributed by atoms with Crippen molar-refractivity contribution in [3.63, 3.8) is 0 Å². The minimum absolute atomic E-state index is 0.180. The number of anilines is 1. The highest BCUT2D eigenvalue weighted by molar-refractivity contribution is 6.30. The van der Waals surface area contributed by atoms with Gasteiger partial charge in [0.25, 0.3) is 5.56 Å². The van der Waals surface area contributed by atoms with Crippen molar-refractivity contribution in [1.82, 2.24) is 4.57 Å². The van der Waals surface area contributed by atoms with Crippen molar-refractivity contribution >= 4 is 39.9 Å². The molecule has 0 N–H and O–H groups in total. The minimum atomic E-state index is -0.828. The lowest BCUT2D eigenvalue weighted by Crippen LogP contribution is -2.43. The topological polar surface area (TPSA) is 92.4 Å². The van der Waals surface area contributed by atoms with Crippen molar-refractivity contribution in [3.8, 4) is 6.07 Å². The molecule has 3 aliphatic heterocycles. The third-order valence-corrected chi connectivity index (χ3v) is 8.22. The van der Waals surface area contributed by atoms with Gasteiger partial charge >= 0.3 is 0 Å². The van der Waals surface area contributed by atoms with Crippen molar-refractivity contribution in [2.75, 3.05) is 4.90 Å². The van der Waals surface area contributed by atoms with Gasteiger partial charge in [-0.05, 0) is 44.4 Å². The maximum absolute atomic E-state index is 13.9. The molecule has 0 saturated carbocycles. The molecule has 176 valence electrons. The van der Waals surface area contributed by atoms with Crippen LogP contribution in [0.15, 0.2) is 59.5 Å². The Morgan fingerprint density at radius 3 is 2.54 bits per heavy atom. The summed E-state index contributed by atoms with van der Waals surface area (Å²) in [5.74, 6) is -1.76. The van der Waals surface area contributed by atoms with E-state index in [4.69, 9.17) is 16.3 Å². The highest BCUT2D eigenvalue weighted by Crippen LogP contribution is 2.62. The first-order valence-corrected chi connectivity index (χ1v) is 12.0. The van der Waals surface area contributed by atoms with Gasteiger partial charge in [0.15, 0.2) is 0 Å². The van der Waals surface area contributed by atoms with E-state index in [1.54, 1.807) is 24.4 Å². The molecule has 3 aromatic rings. The molecule has 2 unspecified atom stereocenters. The van der Waals surface area contributed by atoms with Crippen LogP contribution in [0.3, 0.4) is 0 Å². The molecule has 3 aliphatic rings. The van der Waals surface area contributed by atoms with E-state index in [0.717, 1.165) is 0 Å². The predicted molar refractivity (Wildman–Crippen MR) is 130 cm³/mol. The number of aromatic nitrogens is 1. The molecule has 1 aromatic heterocycles. The molecule has 4 atom stereocenters. The summed E-state index contributed by atoms with van der Waals surface area (Å²) in [6.45, 7) is 2.25. The van der Waals surface area contributed by atoms with Crippen molar-refractivity contribution in [1.29, 1.82) is 5.26 Å². The zero-order chi connectivity index (χ0) is 24.5. The highest BCUT2D eigenvalue weighted by Gasteiger charge is 2.73. The molecule has 3 fully saturated rings. The molecule has 0 aliphatic carbocycles. The molecule has 2 amide bonds. The standard InChI is InChI=1S/C27H22ClN3O4/c1-26-10-11-27(35-26,12-13-30-15-17(28)7-9-21(30)32)23-22(26)24(33)31(25(23)34)20-8-6-16(14-29)18-4-2-3-5-19(18)20/h2-9,15,22-23H,10-13H2,1H3/t22-,23+,26?,27?/m0/s1. The van der Waals surface area contributed by atoms with Gasteiger partial charge in [-0.25, -0.2) is 4.90 Å². The van der Waals surface area contributed by atoms with Crippen LogP contribution < -0.4 is 10.5 Å². The number of carbonyl (C=O) groups excluding carboxylic acids is 2. The number of nitrogens with zero attached hydrogens (tertiary/aromatic N) is 3. The molecular weight excluding hydrogens is 466 g/mol. The third kappa shape index (κ3) is 3.03. The second kappa shape index (κ2) is 7.51. The Hall–Kier alpha value is -3.47. The summed E-state index contributed by atoms with van der Waals surface area (Å²) >= 11 is 6.08. The van der Waals surface area contributed by atoms with Crippen molar-refractivity contribution in [2.24, 2.45) is 11.8 Å². The first kappa shape index (κ1) is 22.0. The smallest absolute Gasteiger partial charge is 0.250 e. The lowest BCUT2D eigenvalue weighted by atomic mass is 9.67. The summed E-state index contributed by atoms with van der Waals surface area (Å²) in [5, 5.41) is 11.4. The zero-order valence-corrected chi connectivity index (χ0v) is 19.8. The SMILES string of the molecule is CC12CCC(CCn3cc(Cl)ccc3=O)(O1)[C@H]1C(=O)N(c3ccc(C#N)c4ccccc34)C(=O)[C@H]12. The third-order valence-electron chi connectivity index (χ3n) is 8.00. The number of carbonyl (C=O) groups is 2. The van der Waals surface area contributed by atoms with Crippen LogP contribution >= 0.6 is 11.6 Å². The molecule has 7 nitrogen and oxygen atoms in total. The fraction of sp³-hybridized carbons (Fsp3) is 0.333. The van der Waals surface area contributed by atoms with Crippen LogP contribution in [0.4, 0.5) is 5.69 Å². The van der Waals surface area contributed by atoms with Gasteiger partial charge in [0.05, 0.1) is 45.4 Å². The van der Waals surface area contributed by atoms with E-state index in [9.17, 15) is 19.6 Å². The second-order valence-electron chi connectivity index (χ2n) is 9.87. The normalized spacial score (nSPS) is 29.1. The van der Waals surface area contributed by atoms with Crippen LogP contribution in [0.2, 0.25) is 5.02 Å². The van der Waals surface area contributed by atoms with Crippen LogP contribution in [0.5, 0.6) is 0 Å². The fourth-order valence-electron chi connectivity index (χ4n) is 6.41. The quantitative estimate of drug-likeness (QED) is 0.518. The molecule has 8 heteroatoms. The Morgan fingerprint density at radius 1 is 1.03 bits per heavy atom. The molecule has 2 bridgehead atoms. The van der Waals surface area contributed by atoms with Crippen molar-refractivity contribution < 1.29 is 14.3 Å². The van der Waals surface area contributed by atoms with Crippen LogP contribution in [0.25, 0.3) is 10.8 Å². The molecule has 35 heavy (non-hydrogen) atoms.